The molecule has 1 amide bonds. The summed E-state index contributed by atoms with van der Waals surface area (Å²) in [6.07, 6.45) is -5.29. The third-order valence-electron chi connectivity index (χ3n) is 6.12. The molecule has 182 valence electrons. The summed E-state index contributed by atoms with van der Waals surface area (Å²) >= 11 is 18.6. The molecule has 2 aliphatic carbocycles. The van der Waals surface area contributed by atoms with Crippen LogP contribution in [-0.4, -0.2) is 21.9 Å². The standard InChI is InChI=1S/C23H17Cl3F5NO2/c24-16-6-5-14(8-15(16)17(33)7-11-9-21(27,28)10-11)32-20(34)19-18(22(19,25)26)12-1-3-13(4-2-12)23(29,30)31/h1-6,8,11,18-19H,7,9-10H2,(H,32,34). The number of anilines is 1. The number of Topliss-reactive ketones (excluding diaryl/α,β-unsaturated/α-hetero) is 1. The van der Waals surface area contributed by atoms with Crippen molar-refractivity contribution in [3.05, 3.63) is 64.2 Å². The molecule has 2 fully saturated rings. The fourth-order valence-electron chi connectivity index (χ4n) is 4.29. The Morgan fingerprint density at radius 2 is 1.65 bits per heavy atom. The van der Waals surface area contributed by atoms with Crippen molar-refractivity contribution < 1.29 is 31.5 Å². The largest absolute Gasteiger partial charge is 0.416 e. The van der Waals surface area contributed by atoms with Crippen molar-refractivity contribution in [2.75, 3.05) is 5.32 Å². The van der Waals surface area contributed by atoms with E-state index in [-0.39, 0.29) is 35.5 Å². The number of hydrogen-bond acceptors (Lipinski definition) is 2. The van der Waals surface area contributed by atoms with Gasteiger partial charge in [-0.05, 0) is 41.8 Å². The number of alkyl halides is 7. The van der Waals surface area contributed by atoms with Gasteiger partial charge in [0, 0.05) is 36.4 Å². The molecular formula is C23H17Cl3F5NO2. The Hall–Kier alpha value is -1.90. The molecule has 0 bridgehead atoms. The number of ketones is 1. The van der Waals surface area contributed by atoms with E-state index in [4.69, 9.17) is 34.8 Å². The van der Waals surface area contributed by atoms with Gasteiger partial charge in [-0.3, -0.25) is 9.59 Å². The van der Waals surface area contributed by atoms with E-state index in [0.29, 0.717) is 5.56 Å². The first kappa shape index (κ1) is 25.2. The lowest BCUT2D eigenvalue weighted by molar-refractivity contribution is -0.137. The third kappa shape index (κ3) is 5.04. The van der Waals surface area contributed by atoms with Crippen molar-refractivity contribution in [1.82, 2.24) is 0 Å². The van der Waals surface area contributed by atoms with Gasteiger partial charge in [-0.1, -0.05) is 23.7 Å². The molecule has 0 spiro atoms. The Bertz CT molecular complexity index is 1130. The maximum absolute atomic E-state index is 13.0. The van der Waals surface area contributed by atoms with E-state index >= 15 is 0 Å². The lowest BCUT2D eigenvalue weighted by Gasteiger charge is -2.34. The Morgan fingerprint density at radius 3 is 2.21 bits per heavy atom. The maximum Gasteiger partial charge on any atom is 0.416 e. The lowest BCUT2D eigenvalue weighted by Crippen LogP contribution is -2.36. The highest BCUT2D eigenvalue weighted by molar-refractivity contribution is 6.53. The molecule has 2 aliphatic rings. The van der Waals surface area contributed by atoms with E-state index in [1.54, 1.807) is 0 Å². The van der Waals surface area contributed by atoms with Gasteiger partial charge in [0.1, 0.15) is 4.33 Å². The second-order valence-corrected chi connectivity index (χ2v) is 10.5. The van der Waals surface area contributed by atoms with Crippen molar-refractivity contribution >= 4 is 52.2 Å². The van der Waals surface area contributed by atoms with Gasteiger partial charge in [0.05, 0.1) is 16.5 Å². The minimum absolute atomic E-state index is 0.0855. The molecule has 0 aliphatic heterocycles. The fourth-order valence-corrected chi connectivity index (χ4v) is 5.34. The summed E-state index contributed by atoms with van der Waals surface area (Å²) in [4.78, 5) is 25.3. The van der Waals surface area contributed by atoms with Gasteiger partial charge < -0.3 is 5.32 Å². The highest BCUT2D eigenvalue weighted by Crippen LogP contribution is 2.65. The Kier molecular flexibility index (Phi) is 6.41. The summed E-state index contributed by atoms with van der Waals surface area (Å²) in [5.41, 5.74) is -0.147. The smallest absolute Gasteiger partial charge is 0.326 e. The molecule has 2 saturated carbocycles. The zero-order valence-electron chi connectivity index (χ0n) is 17.2. The van der Waals surface area contributed by atoms with Crippen LogP contribution < -0.4 is 5.32 Å². The van der Waals surface area contributed by atoms with Crippen LogP contribution in [0.3, 0.4) is 0 Å². The molecule has 1 N–H and O–H groups in total. The van der Waals surface area contributed by atoms with E-state index in [2.05, 4.69) is 5.32 Å². The minimum Gasteiger partial charge on any atom is -0.326 e. The zero-order chi connectivity index (χ0) is 25.1. The summed E-state index contributed by atoms with van der Waals surface area (Å²) < 4.78 is 63.0. The minimum atomic E-state index is -4.50. The number of hydrogen-bond donors (Lipinski definition) is 1. The second kappa shape index (κ2) is 8.64. The Labute approximate surface area is 206 Å². The molecule has 0 radical (unpaired) electrons. The van der Waals surface area contributed by atoms with Crippen LogP contribution in [0.4, 0.5) is 27.6 Å². The summed E-state index contributed by atoms with van der Waals surface area (Å²) in [5, 5.41) is 2.71. The SMILES string of the molecule is O=C(CC1CC(F)(F)C1)c1cc(NC(=O)C2C(c3ccc(C(F)(F)F)cc3)C2(Cl)Cl)ccc1Cl. The molecule has 2 aromatic carbocycles. The number of halogens is 8. The van der Waals surface area contributed by atoms with Crippen LogP contribution in [0.25, 0.3) is 0 Å². The van der Waals surface area contributed by atoms with Crippen molar-refractivity contribution in [2.24, 2.45) is 11.8 Å². The molecule has 0 aromatic heterocycles. The van der Waals surface area contributed by atoms with E-state index in [0.717, 1.165) is 12.1 Å². The molecule has 2 aromatic rings. The monoisotopic (exact) mass is 539 g/mol. The first-order valence-corrected chi connectivity index (χ1v) is 11.4. The van der Waals surface area contributed by atoms with Gasteiger partial charge >= 0.3 is 6.18 Å². The van der Waals surface area contributed by atoms with Gasteiger partial charge in [-0.15, -0.1) is 23.2 Å². The average Bonchev–Trinajstić information content (AvgIpc) is 3.29. The van der Waals surface area contributed by atoms with Gasteiger partial charge in [-0.25, -0.2) is 8.78 Å². The molecule has 0 saturated heterocycles. The predicted molar refractivity (Wildman–Crippen MR) is 119 cm³/mol. The first-order chi connectivity index (χ1) is 15.7. The first-order valence-electron chi connectivity index (χ1n) is 10.3. The number of benzene rings is 2. The highest BCUT2D eigenvalue weighted by atomic mass is 35.5. The van der Waals surface area contributed by atoms with Crippen LogP contribution in [0.15, 0.2) is 42.5 Å². The maximum atomic E-state index is 13.0. The van der Waals surface area contributed by atoms with Crippen molar-refractivity contribution in [3.8, 4) is 0 Å². The molecule has 2 atom stereocenters. The van der Waals surface area contributed by atoms with E-state index in [9.17, 15) is 31.5 Å². The topological polar surface area (TPSA) is 46.2 Å². The number of nitrogens with one attached hydrogen (secondary N) is 1. The second-order valence-electron chi connectivity index (χ2n) is 8.69. The quantitative estimate of drug-likeness (QED) is 0.234. The molecule has 3 nitrogen and oxygen atoms in total. The number of carbonyl (C=O) groups is 2. The number of carbonyl (C=O) groups excluding carboxylic acids is 2. The Morgan fingerprint density at radius 1 is 1.03 bits per heavy atom. The summed E-state index contributed by atoms with van der Waals surface area (Å²) in [6, 6.07) is 8.43. The fraction of sp³-hybridized carbons (Fsp3) is 0.391. The molecule has 11 heteroatoms. The Balaban J connectivity index is 1.44. The molecule has 34 heavy (non-hydrogen) atoms. The summed E-state index contributed by atoms with van der Waals surface area (Å²) in [7, 11) is 0. The third-order valence-corrected chi connectivity index (χ3v) is 7.39. The van der Waals surface area contributed by atoms with E-state index < -0.39 is 51.4 Å². The van der Waals surface area contributed by atoms with Crippen LogP contribution in [0.2, 0.25) is 5.02 Å². The van der Waals surface area contributed by atoms with E-state index in [1.807, 2.05) is 0 Å². The molecular weight excluding hydrogens is 524 g/mol. The van der Waals surface area contributed by atoms with Gasteiger partial charge in [-0.2, -0.15) is 13.2 Å². The zero-order valence-corrected chi connectivity index (χ0v) is 19.5. The highest BCUT2D eigenvalue weighted by Gasteiger charge is 2.67. The molecule has 0 heterocycles. The lowest BCUT2D eigenvalue weighted by atomic mass is 9.77. The van der Waals surface area contributed by atoms with Crippen LogP contribution >= 0.6 is 34.8 Å². The van der Waals surface area contributed by atoms with Gasteiger partial charge in [0.2, 0.25) is 11.8 Å². The van der Waals surface area contributed by atoms with Crippen LogP contribution in [-0.2, 0) is 11.0 Å². The summed E-state index contributed by atoms with van der Waals surface area (Å²) in [5.74, 6) is -5.85. The van der Waals surface area contributed by atoms with Gasteiger partial charge in [0.15, 0.2) is 5.78 Å². The predicted octanol–water partition coefficient (Wildman–Crippen LogP) is 7.50. The summed E-state index contributed by atoms with van der Waals surface area (Å²) in [6.45, 7) is 0. The van der Waals surface area contributed by atoms with Crippen LogP contribution in [0, 0.1) is 11.8 Å². The number of amides is 1. The normalized spacial score (nSPS) is 23.2. The van der Waals surface area contributed by atoms with Crippen molar-refractivity contribution in [1.29, 1.82) is 0 Å². The van der Waals surface area contributed by atoms with Crippen LogP contribution in [0.1, 0.15) is 46.7 Å². The van der Waals surface area contributed by atoms with Crippen LogP contribution in [0.5, 0.6) is 0 Å². The van der Waals surface area contributed by atoms with E-state index in [1.165, 1.54) is 30.3 Å². The molecule has 4 rings (SSSR count). The van der Waals surface area contributed by atoms with Crippen molar-refractivity contribution in [2.45, 2.75) is 41.6 Å². The molecule has 2 unspecified atom stereocenters. The number of rotatable bonds is 6. The average molecular weight is 541 g/mol. The van der Waals surface area contributed by atoms with Crippen molar-refractivity contribution in [3.63, 3.8) is 0 Å². The van der Waals surface area contributed by atoms with Gasteiger partial charge in [0.25, 0.3) is 0 Å².